The highest BCUT2D eigenvalue weighted by Gasteiger charge is 2.13. The van der Waals surface area contributed by atoms with Crippen molar-refractivity contribution in [3.8, 4) is 11.6 Å². The lowest BCUT2D eigenvalue weighted by Gasteiger charge is -2.14. The molecule has 1 N–H and O–H groups in total. The summed E-state index contributed by atoms with van der Waals surface area (Å²) in [5, 5.41) is 0. The number of anilines is 1. The molecule has 0 spiro atoms. The molecule has 0 aliphatic heterocycles. The minimum atomic E-state index is 0.480. The molecule has 0 aliphatic carbocycles. The molecule has 6 nitrogen and oxygen atoms in total. The van der Waals surface area contributed by atoms with E-state index in [2.05, 4.69) is 21.0 Å². The quantitative estimate of drug-likeness (QED) is 0.753. The van der Waals surface area contributed by atoms with E-state index < -0.39 is 0 Å². The molecule has 0 radical (unpaired) electrons. The SMILES string of the molecule is COc1ncnc2c1[nH]c(=S)n2-c1cccc(N(C)C)c1. The lowest BCUT2D eigenvalue weighted by Crippen LogP contribution is -2.09. The lowest BCUT2D eigenvalue weighted by atomic mass is 10.2. The van der Waals surface area contributed by atoms with Crippen LogP contribution in [-0.2, 0) is 0 Å². The summed E-state index contributed by atoms with van der Waals surface area (Å²) in [6, 6.07) is 8.07. The molecule has 3 aromatic rings. The molecule has 0 fully saturated rings. The van der Waals surface area contributed by atoms with Gasteiger partial charge in [0.25, 0.3) is 0 Å². The normalized spacial score (nSPS) is 10.8. The molecule has 2 aromatic heterocycles. The van der Waals surface area contributed by atoms with Crippen LogP contribution in [0.2, 0.25) is 0 Å². The maximum atomic E-state index is 5.42. The van der Waals surface area contributed by atoms with Crippen molar-refractivity contribution in [2.24, 2.45) is 0 Å². The lowest BCUT2D eigenvalue weighted by molar-refractivity contribution is 0.401. The largest absolute Gasteiger partial charge is 0.479 e. The van der Waals surface area contributed by atoms with Crippen molar-refractivity contribution in [2.45, 2.75) is 0 Å². The van der Waals surface area contributed by atoms with Crippen LogP contribution in [0.1, 0.15) is 0 Å². The number of aromatic nitrogens is 4. The Balaban J connectivity index is 2.28. The number of nitrogens with one attached hydrogen (secondary N) is 1. The minimum absolute atomic E-state index is 0.480. The molecule has 7 heteroatoms. The van der Waals surface area contributed by atoms with Crippen molar-refractivity contribution >= 4 is 29.1 Å². The maximum Gasteiger partial charge on any atom is 0.242 e. The number of rotatable bonds is 3. The molecule has 0 saturated heterocycles. The van der Waals surface area contributed by atoms with E-state index in [9.17, 15) is 0 Å². The third-order valence-corrected chi connectivity index (χ3v) is 3.52. The summed E-state index contributed by atoms with van der Waals surface area (Å²) in [6.07, 6.45) is 1.47. The summed E-state index contributed by atoms with van der Waals surface area (Å²) in [5.41, 5.74) is 3.42. The molecule has 0 unspecified atom stereocenters. The van der Waals surface area contributed by atoms with Gasteiger partial charge in [0.15, 0.2) is 10.4 Å². The van der Waals surface area contributed by atoms with Crippen LogP contribution in [0.15, 0.2) is 30.6 Å². The van der Waals surface area contributed by atoms with E-state index in [1.807, 2.05) is 41.8 Å². The molecule has 3 rings (SSSR count). The summed E-state index contributed by atoms with van der Waals surface area (Å²) in [6.45, 7) is 0. The number of hydrogen-bond acceptors (Lipinski definition) is 5. The number of hydrogen-bond donors (Lipinski definition) is 1. The Labute approximate surface area is 127 Å². The van der Waals surface area contributed by atoms with E-state index >= 15 is 0 Å². The number of methoxy groups -OCH3 is 1. The monoisotopic (exact) mass is 301 g/mol. The number of ether oxygens (including phenoxy) is 1. The highest BCUT2D eigenvalue weighted by atomic mass is 32.1. The van der Waals surface area contributed by atoms with Crippen molar-refractivity contribution in [1.82, 2.24) is 19.5 Å². The first-order chi connectivity index (χ1) is 10.1. The Morgan fingerprint density at radius 2 is 2.10 bits per heavy atom. The molecule has 2 heterocycles. The van der Waals surface area contributed by atoms with Gasteiger partial charge in [0.05, 0.1) is 12.8 Å². The molecular weight excluding hydrogens is 286 g/mol. The number of benzene rings is 1. The molecule has 21 heavy (non-hydrogen) atoms. The first kappa shape index (κ1) is 13.6. The van der Waals surface area contributed by atoms with E-state index in [4.69, 9.17) is 17.0 Å². The Hall–Kier alpha value is -2.41. The second-order valence-electron chi connectivity index (χ2n) is 4.76. The molecule has 0 saturated carbocycles. The molecule has 1 aromatic carbocycles. The molecular formula is C14H15N5OS. The Morgan fingerprint density at radius 1 is 1.29 bits per heavy atom. The maximum absolute atomic E-state index is 5.42. The smallest absolute Gasteiger partial charge is 0.242 e. The van der Waals surface area contributed by atoms with E-state index in [1.165, 1.54) is 6.33 Å². The number of H-pyrrole nitrogens is 1. The van der Waals surface area contributed by atoms with Crippen molar-refractivity contribution in [3.63, 3.8) is 0 Å². The molecule has 0 atom stereocenters. The average Bonchev–Trinajstić information content (AvgIpc) is 2.83. The fourth-order valence-corrected chi connectivity index (χ4v) is 2.50. The van der Waals surface area contributed by atoms with Gasteiger partial charge in [0.1, 0.15) is 11.8 Å². The first-order valence-corrected chi connectivity index (χ1v) is 6.80. The summed E-state index contributed by atoms with van der Waals surface area (Å²) in [4.78, 5) is 13.6. The third-order valence-electron chi connectivity index (χ3n) is 3.24. The zero-order valence-corrected chi connectivity index (χ0v) is 12.8. The summed E-state index contributed by atoms with van der Waals surface area (Å²) in [7, 11) is 5.57. The summed E-state index contributed by atoms with van der Waals surface area (Å²) in [5.74, 6) is 0.480. The van der Waals surface area contributed by atoms with E-state index in [1.54, 1.807) is 7.11 Å². The van der Waals surface area contributed by atoms with Crippen LogP contribution in [0.5, 0.6) is 5.88 Å². The van der Waals surface area contributed by atoms with Gasteiger partial charge < -0.3 is 14.6 Å². The Morgan fingerprint density at radius 3 is 2.81 bits per heavy atom. The van der Waals surface area contributed by atoms with Crippen molar-refractivity contribution < 1.29 is 4.74 Å². The second-order valence-corrected chi connectivity index (χ2v) is 5.15. The Bertz CT molecular complexity index is 852. The van der Waals surface area contributed by atoms with E-state index in [0.29, 0.717) is 21.8 Å². The Kier molecular flexibility index (Phi) is 3.34. The van der Waals surface area contributed by atoms with E-state index in [-0.39, 0.29) is 0 Å². The van der Waals surface area contributed by atoms with Crippen LogP contribution in [0.3, 0.4) is 0 Å². The number of fused-ring (bicyclic) bond motifs is 1. The molecule has 0 aliphatic rings. The molecule has 0 bridgehead atoms. The van der Waals surface area contributed by atoms with Crippen LogP contribution in [0.25, 0.3) is 16.9 Å². The van der Waals surface area contributed by atoms with Gasteiger partial charge in [-0.3, -0.25) is 4.57 Å². The highest BCUT2D eigenvalue weighted by molar-refractivity contribution is 7.71. The third kappa shape index (κ3) is 2.25. The minimum Gasteiger partial charge on any atom is -0.479 e. The first-order valence-electron chi connectivity index (χ1n) is 6.39. The van der Waals surface area contributed by atoms with Crippen LogP contribution in [-0.4, -0.2) is 40.7 Å². The zero-order valence-electron chi connectivity index (χ0n) is 12.0. The van der Waals surface area contributed by atoms with Gasteiger partial charge in [-0.15, -0.1) is 0 Å². The van der Waals surface area contributed by atoms with Gasteiger partial charge in [-0.25, -0.2) is 4.98 Å². The van der Waals surface area contributed by atoms with Crippen LogP contribution in [0.4, 0.5) is 5.69 Å². The number of imidazole rings is 1. The van der Waals surface area contributed by atoms with Gasteiger partial charge in [-0.1, -0.05) is 6.07 Å². The second kappa shape index (κ2) is 5.17. The summed E-state index contributed by atoms with van der Waals surface area (Å²) >= 11 is 5.42. The van der Waals surface area contributed by atoms with Crippen molar-refractivity contribution in [3.05, 3.63) is 35.4 Å². The van der Waals surface area contributed by atoms with Crippen LogP contribution < -0.4 is 9.64 Å². The van der Waals surface area contributed by atoms with Gasteiger partial charge in [-0.2, -0.15) is 4.98 Å². The zero-order chi connectivity index (χ0) is 15.0. The van der Waals surface area contributed by atoms with Crippen molar-refractivity contribution in [2.75, 3.05) is 26.1 Å². The predicted molar refractivity (Wildman–Crippen MR) is 84.9 cm³/mol. The van der Waals surface area contributed by atoms with Gasteiger partial charge in [0.2, 0.25) is 5.88 Å². The summed E-state index contributed by atoms with van der Waals surface area (Å²) < 4.78 is 7.68. The molecule has 0 amide bonds. The fourth-order valence-electron chi connectivity index (χ4n) is 2.20. The standard InChI is InChI=1S/C14H15N5OS/c1-18(2)9-5-4-6-10(7-9)19-12-11(17-14(19)21)13(20-3)16-8-15-12/h4-8H,1-3H3,(H,17,21). The van der Waals surface area contributed by atoms with E-state index in [0.717, 1.165) is 11.4 Å². The van der Waals surface area contributed by atoms with Crippen molar-refractivity contribution in [1.29, 1.82) is 0 Å². The highest BCUT2D eigenvalue weighted by Crippen LogP contribution is 2.25. The number of nitrogens with zero attached hydrogens (tertiary/aromatic N) is 4. The van der Waals surface area contributed by atoms with Crippen LogP contribution >= 0.6 is 12.2 Å². The average molecular weight is 301 g/mol. The molecule has 108 valence electrons. The van der Waals surface area contributed by atoms with Gasteiger partial charge in [0, 0.05) is 19.8 Å². The topological polar surface area (TPSA) is 59.0 Å². The van der Waals surface area contributed by atoms with Gasteiger partial charge in [-0.05, 0) is 30.4 Å². The number of aromatic amines is 1. The fraction of sp³-hybridized carbons (Fsp3) is 0.214. The predicted octanol–water partition coefficient (Wildman–Crippen LogP) is 2.55. The van der Waals surface area contributed by atoms with Gasteiger partial charge >= 0.3 is 0 Å². The van der Waals surface area contributed by atoms with Crippen LogP contribution in [0, 0.1) is 4.77 Å².